The van der Waals surface area contributed by atoms with Crippen molar-refractivity contribution in [2.75, 3.05) is 32.7 Å². The van der Waals surface area contributed by atoms with Crippen molar-refractivity contribution in [1.82, 2.24) is 24.7 Å². The van der Waals surface area contributed by atoms with Gasteiger partial charge in [0.2, 0.25) is 0 Å². The summed E-state index contributed by atoms with van der Waals surface area (Å²) < 4.78 is 54.3. The number of piperidine rings is 2. The normalized spacial score (nSPS) is 17.4. The Hall–Kier alpha value is -3.47. The van der Waals surface area contributed by atoms with Crippen LogP contribution in [0.5, 0.6) is 0 Å². The Morgan fingerprint density at radius 1 is 1.00 bits per heavy atom. The number of rotatable bonds is 7. The van der Waals surface area contributed by atoms with Crippen LogP contribution in [0.4, 0.5) is 17.6 Å². The molecule has 2 amide bonds. The van der Waals surface area contributed by atoms with Gasteiger partial charge >= 0.3 is 12.1 Å². The van der Waals surface area contributed by atoms with Gasteiger partial charge in [-0.2, -0.15) is 13.2 Å². The minimum atomic E-state index is -4.97. The number of fused-ring (bicyclic) bond motifs is 1. The van der Waals surface area contributed by atoms with Crippen molar-refractivity contribution in [2.45, 2.75) is 57.3 Å². The number of amides is 2. The van der Waals surface area contributed by atoms with E-state index < -0.39 is 17.9 Å². The largest absolute Gasteiger partial charge is 0.471 e. The molecular formula is C29H33F4N5O2. The quantitative estimate of drug-likeness (QED) is 0.420. The first-order valence-corrected chi connectivity index (χ1v) is 13.8. The number of nitrogens with one attached hydrogen (secondary N) is 1. The fourth-order valence-corrected chi connectivity index (χ4v) is 5.76. The zero-order valence-corrected chi connectivity index (χ0v) is 22.2. The Kier molecular flexibility index (Phi) is 8.39. The van der Waals surface area contributed by atoms with Gasteiger partial charge in [-0.25, -0.2) is 4.39 Å². The number of pyridine rings is 1. The molecule has 0 aliphatic carbocycles. The third-order valence-electron chi connectivity index (χ3n) is 7.97. The number of hydrogen-bond acceptors (Lipinski definition) is 4. The maximum absolute atomic E-state index is 14.7. The molecule has 0 bridgehead atoms. The zero-order chi connectivity index (χ0) is 28.3. The Balaban J connectivity index is 1.24. The molecule has 214 valence electrons. The summed E-state index contributed by atoms with van der Waals surface area (Å²) in [6.07, 6.45) is 3.36. The van der Waals surface area contributed by atoms with Crippen molar-refractivity contribution in [3.05, 3.63) is 65.2 Å². The molecule has 2 aromatic heterocycles. The van der Waals surface area contributed by atoms with Crippen molar-refractivity contribution in [1.29, 1.82) is 0 Å². The van der Waals surface area contributed by atoms with Gasteiger partial charge in [0.25, 0.3) is 5.91 Å². The van der Waals surface area contributed by atoms with Crippen LogP contribution in [0.2, 0.25) is 0 Å². The molecule has 2 aliphatic rings. The van der Waals surface area contributed by atoms with Gasteiger partial charge in [0.05, 0.1) is 11.1 Å². The highest BCUT2D eigenvalue weighted by atomic mass is 19.4. The Morgan fingerprint density at radius 3 is 2.48 bits per heavy atom. The summed E-state index contributed by atoms with van der Waals surface area (Å²) in [5.74, 6) is -2.78. The molecule has 7 nitrogen and oxygen atoms in total. The Morgan fingerprint density at radius 2 is 1.75 bits per heavy atom. The molecule has 5 rings (SSSR count). The van der Waals surface area contributed by atoms with Crippen LogP contribution in [0.3, 0.4) is 0 Å². The van der Waals surface area contributed by atoms with E-state index in [1.54, 1.807) is 11.1 Å². The predicted molar refractivity (Wildman–Crippen MR) is 142 cm³/mol. The molecule has 11 heteroatoms. The fourth-order valence-electron chi connectivity index (χ4n) is 5.76. The number of carbonyl (C=O) groups is 2. The number of likely N-dealkylation sites (tertiary alicyclic amines) is 2. The summed E-state index contributed by atoms with van der Waals surface area (Å²) in [6.45, 7) is 4.39. The van der Waals surface area contributed by atoms with Gasteiger partial charge in [-0.15, -0.1) is 0 Å². The standard InChI is InChI=1S/C29H33F4N5O2/c30-24-7-6-20(18-35-28(40)29(31,32)33)17-22(24)21-8-13-37(14-9-21)27(39)23-19-38(25-5-4-10-34-26(23)25)16-15-36-11-2-1-3-12-36/h4-7,10,17,19,21H,1-3,8-9,11-16,18H2,(H,35,40). The fraction of sp³-hybridized carbons (Fsp3) is 0.483. The summed E-state index contributed by atoms with van der Waals surface area (Å²) in [5.41, 5.74) is 2.93. The number of benzene rings is 1. The van der Waals surface area contributed by atoms with Crippen LogP contribution in [0.25, 0.3) is 11.0 Å². The van der Waals surface area contributed by atoms with E-state index in [1.165, 1.54) is 37.5 Å². The lowest BCUT2D eigenvalue weighted by atomic mass is 9.88. The molecule has 0 atom stereocenters. The van der Waals surface area contributed by atoms with Gasteiger partial charge in [0.1, 0.15) is 11.3 Å². The monoisotopic (exact) mass is 559 g/mol. The van der Waals surface area contributed by atoms with E-state index in [9.17, 15) is 27.2 Å². The second-order valence-electron chi connectivity index (χ2n) is 10.6. The first-order valence-electron chi connectivity index (χ1n) is 13.8. The Bertz CT molecular complexity index is 1360. The number of hydrogen-bond donors (Lipinski definition) is 1. The lowest BCUT2D eigenvalue weighted by Gasteiger charge is -2.32. The van der Waals surface area contributed by atoms with Crippen molar-refractivity contribution >= 4 is 22.8 Å². The van der Waals surface area contributed by atoms with E-state index in [2.05, 4.69) is 14.5 Å². The maximum Gasteiger partial charge on any atom is 0.471 e. The third-order valence-corrected chi connectivity index (χ3v) is 7.97. The summed E-state index contributed by atoms with van der Waals surface area (Å²) in [4.78, 5) is 33.5. The highest BCUT2D eigenvalue weighted by molar-refractivity contribution is 6.05. The van der Waals surface area contributed by atoms with E-state index in [4.69, 9.17) is 0 Å². The summed E-state index contributed by atoms with van der Waals surface area (Å²) >= 11 is 0. The smallest absolute Gasteiger partial charge is 0.344 e. The highest BCUT2D eigenvalue weighted by Gasteiger charge is 2.38. The number of halogens is 4. The van der Waals surface area contributed by atoms with Crippen LogP contribution in [0.1, 0.15) is 59.5 Å². The average molecular weight is 560 g/mol. The second-order valence-corrected chi connectivity index (χ2v) is 10.6. The zero-order valence-electron chi connectivity index (χ0n) is 22.2. The van der Waals surface area contributed by atoms with E-state index in [1.807, 2.05) is 23.6 Å². The van der Waals surface area contributed by atoms with Gasteiger partial charge < -0.3 is 19.7 Å². The van der Waals surface area contributed by atoms with Crippen molar-refractivity contribution in [3.63, 3.8) is 0 Å². The lowest BCUT2D eigenvalue weighted by Crippen LogP contribution is -2.38. The molecule has 0 unspecified atom stereocenters. The number of alkyl halides is 3. The Labute approximate surface area is 230 Å². The molecule has 1 N–H and O–H groups in total. The molecule has 2 fully saturated rings. The van der Waals surface area contributed by atoms with E-state index >= 15 is 0 Å². The van der Waals surface area contributed by atoms with E-state index in [0.29, 0.717) is 48.1 Å². The molecule has 0 spiro atoms. The maximum atomic E-state index is 14.7. The molecule has 1 aromatic carbocycles. The topological polar surface area (TPSA) is 70.5 Å². The first kappa shape index (κ1) is 28.1. The van der Waals surface area contributed by atoms with Crippen molar-refractivity contribution in [3.8, 4) is 0 Å². The first-order chi connectivity index (χ1) is 19.2. The van der Waals surface area contributed by atoms with Gasteiger partial charge in [0.15, 0.2) is 0 Å². The van der Waals surface area contributed by atoms with Crippen LogP contribution in [-0.4, -0.2) is 70.1 Å². The van der Waals surface area contributed by atoms with Gasteiger partial charge in [-0.05, 0) is 74.0 Å². The summed E-state index contributed by atoms with van der Waals surface area (Å²) in [7, 11) is 0. The van der Waals surface area contributed by atoms with Gasteiger partial charge in [-0.1, -0.05) is 18.6 Å². The summed E-state index contributed by atoms with van der Waals surface area (Å²) in [6, 6.07) is 7.94. The summed E-state index contributed by atoms with van der Waals surface area (Å²) in [5, 5.41) is 1.82. The molecule has 40 heavy (non-hydrogen) atoms. The van der Waals surface area contributed by atoms with Crippen LogP contribution < -0.4 is 5.32 Å². The minimum absolute atomic E-state index is 0.108. The molecular weight excluding hydrogens is 526 g/mol. The van der Waals surface area contributed by atoms with Crippen LogP contribution in [0, 0.1) is 5.82 Å². The van der Waals surface area contributed by atoms with E-state index in [-0.39, 0.29) is 18.4 Å². The van der Waals surface area contributed by atoms with Crippen LogP contribution >= 0.6 is 0 Å². The van der Waals surface area contributed by atoms with Crippen LogP contribution in [-0.2, 0) is 17.9 Å². The molecule has 0 radical (unpaired) electrons. The SMILES string of the molecule is O=C(c1cn(CCN2CCCCC2)c2cccnc12)N1CCC(c2cc(CNC(=O)C(F)(F)F)ccc2F)CC1. The molecule has 0 saturated carbocycles. The minimum Gasteiger partial charge on any atom is -0.344 e. The third kappa shape index (κ3) is 6.29. The molecule has 3 aromatic rings. The van der Waals surface area contributed by atoms with Crippen LogP contribution in [0.15, 0.2) is 42.7 Å². The van der Waals surface area contributed by atoms with Crippen molar-refractivity contribution < 1.29 is 27.2 Å². The number of nitrogens with zero attached hydrogens (tertiary/aromatic N) is 4. The second kappa shape index (κ2) is 12.0. The van der Waals surface area contributed by atoms with Gasteiger partial charge in [0, 0.05) is 45.1 Å². The van der Waals surface area contributed by atoms with E-state index in [0.717, 1.165) is 31.7 Å². The van der Waals surface area contributed by atoms with Gasteiger partial charge in [-0.3, -0.25) is 14.6 Å². The molecule has 4 heterocycles. The highest BCUT2D eigenvalue weighted by Crippen LogP contribution is 2.32. The number of carbonyl (C=O) groups excluding carboxylic acids is 2. The average Bonchev–Trinajstić information content (AvgIpc) is 3.34. The van der Waals surface area contributed by atoms with Crippen molar-refractivity contribution in [2.24, 2.45) is 0 Å². The predicted octanol–water partition coefficient (Wildman–Crippen LogP) is 4.86. The number of aromatic nitrogens is 2. The molecule has 2 aliphatic heterocycles. The molecule has 2 saturated heterocycles. The lowest BCUT2D eigenvalue weighted by molar-refractivity contribution is -0.173.